The fourth-order valence-electron chi connectivity index (χ4n) is 2.92. The zero-order valence-corrected chi connectivity index (χ0v) is 14.8. The van der Waals surface area contributed by atoms with E-state index in [1.54, 1.807) is 0 Å². The van der Waals surface area contributed by atoms with E-state index in [2.05, 4.69) is 36.8 Å². The van der Waals surface area contributed by atoms with Crippen LogP contribution < -0.4 is 0 Å². The lowest BCUT2D eigenvalue weighted by Gasteiger charge is -2.34. The van der Waals surface area contributed by atoms with Crippen LogP contribution in [0.15, 0.2) is 28.7 Å². The number of rotatable bonds is 5. The molecule has 4 heteroatoms. The Morgan fingerprint density at radius 1 is 1.25 bits per heavy atom. The molecular weight excluding hydrogens is 382 g/mol. The molecule has 1 aliphatic rings. The maximum absolute atomic E-state index is 12.6. The average molecular weight is 403 g/mol. The normalized spacial score (nSPS) is 16.1. The van der Waals surface area contributed by atoms with Gasteiger partial charge in [0.1, 0.15) is 0 Å². The van der Waals surface area contributed by atoms with Crippen LogP contribution in [0.2, 0.25) is 0 Å². The second-order valence-electron chi connectivity index (χ2n) is 5.37. The number of hydrogen-bond acceptors (Lipinski definition) is 1. The summed E-state index contributed by atoms with van der Waals surface area (Å²) < 4.78 is 1.03. The molecule has 1 aromatic carbocycles. The van der Waals surface area contributed by atoms with Crippen molar-refractivity contribution in [3.8, 4) is 0 Å². The molecule has 1 aliphatic carbocycles. The van der Waals surface area contributed by atoms with Crippen LogP contribution in [0, 0.1) is 0 Å². The van der Waals surface area contributed by atoms with Gasteiger partial charge >= 0.3 is 0 Å². The Balaban J connectivity index is 2.02. The molecule has 2 rings (SSSR count). The summed E-state index contributed by atoms with van der Waals surface area (Å²) in [5.41, 5.74) is 1.08. The average Bonchev–Trinajstić information content (AvgIpc) is 2.45. The highest BCUT2D eigenvalue weighted by Gasteiger charge is 2.24. The van der Waals surface area contributed by atoms with Gasteiger partial charge in [-0.05, 0) is 30.5 Å². The van der Waals surface area contributed by atoms with Gasteiger partial charge in [-0.15, -0.1) is 0 Å². The maximum atomic E-state index is 12.6. The SMILES string of the molecule is O=C(Cc1cccc(Br)c1)N(CCBr)C1CCCCC1. The summed E-state index contributed by atoms with van der Waals surface area (Å²) in [4.78, 5) is 14.7. The molecule has 20 heavy (non-hydrogen) atoms. The minimum Gasteiger partial charge on any atom is -0.339 e. The Hall–Kier alpha value is -0.350. The summed E-state index contributed by atoms with van der Waals surface area (Å²) >= 11 is 6.94. The minimum absolute atomic E-state index is 0.259. The van der Waals surface area contributed by atoms with Crippen LogP contribution in [0.3, 0.4) is 0 Å². The van der Waals surface area contributed by atoms with Crippen molar-refractivity contribution >= 4 is 37.8 Å². The van der Waals surface area contributed by atoms with Crippen LogP contribution in [-0.4, -0.2) is 28.7 Å². The summed E-state index contributed by atoms with van der Waals surface area (Å²) in [5, 5.41) is 0.855. The minimum atomic E-state index is 0.259. The maximum Gasteiger partial charge on any atom is 0.227 e. The van der Waals surface area contributed by atoms with E-state index in [1.165, 1.54) is 19.3 Å². The van der Waals surface area contributed by atoms with Crippen LogP contribution in [-0.2, 0) is 11.2 Å². The lowest BCUT2D eigenvalue weighted by Crippen LogP contribution is -2.43. The van der Waals surface area contributed by atoms with E-state index in [0.717, 1.165) is 34.8 Å². The number of hydrogen-bond donors (Lipinski definition) is 0. The molecule has 0 aromatic heterocycles. The summed E-state index contributed by atoms with van der Waals surface area (Å²) in [5.74, 6) is 0.259. The first-order valence-electron chi connectivity index (χ1n) is 7.30. The molecule has 0 atom stereocenters. The van der Waals surface area contributed by atoms with Gasteiger partial charge in [-0.1, -0.05) is 63.3 Å². The molecule has 0 heterocycles. The van der Waals surface area contributed by atoms with Gasteiger partial charge in [0.2, 0.25) is 5.91 Å². The van der Waals surface area contributed by atoms with Gasteiger partial charge in [0.25, 0.3) is 0 Å². The zero-order valence-electron chi connectivity index (χ0n) is 11.7. The van der Waals surface area contributed by atoms with Gasteiger partial charge in [0, 0.05) is 22.4 Å². The standard InChI is InChI=1S/C16H21Br2NO/c17-9-10-19(15-7-2-1-3-8-15)16(20)12-13-5-4-6-14(18)11-13/h4-6,11,15H,1-3,7-10,12H2. The largest absolute Gasteiger partial charge is 0.339 e. The van der Waals surface area contributed by atoms with Crippen molar-refractivity contribution in [2.45, 2.75) is 44.6 Å². The topological polar surface area (TPSA) is 20.3 Å². The first-order valence-corrected chi connectivity index (χ1v) is 9.22. The lowest BCUT2D eigenvalue weighted by atomic mass is 9.94. The molecule has 0 spiro atoms. The Bertz CT molecular complexity index is 444. The third-order valence-electron chi connectivity index (χ3n) is 3.91. The summed E-state index contributed by atoms with van der Waals surface area (Å²) in [7, 11) is 0. The van der Waals surface area contributed by atoms with E-state index in [4.69, 9.17) is 0 Å². The summed E-state index contributed by atoms with van der Waals surface area (Å²) in [6.45, 7) is 0.817. The predicted molar refractivity (Wildman–Crippen MR) is 90.2 cm³/mol. The molecule has 1 aromatic rings. The van der Waals surface area contributed by atoms with E-state index < -0.39 is 0 Å². The van der Waals surface area contributed by atoms with E-state index in [1.807, 2.05) is 24.3 Å². The highest BCUT2D eigenvalue weighted by Crippen LogP contribution is 2.23. The molecule has 0 bridgehead atoms. The first-order chi connectivity index (χ1) is 9.70. The van der Waals surface area contributed by atoms with Gasteiger partial charge in [-0.2, -0.15) is 0 Å². The molecule has 0 saturated heterocycles. The number of carbonyl (C=O) groups is 1. The molecule has 1 fully saturated rings. The van der Waals surface area contributed by atoms with Crippen molar-refractivity contribution in [2.24, 2.45) is 0 Å². The molecule has 110 valence electrons. The molecule has 1 saturated carbocycles. The van der Waals surface area contributed by atoms with Crippen molar-refractivity contribution < 1.29 is 4.79 Å². The monoisotopic (exact) mass is 401 g/mol. The van der Waals surface area contributed by atoms with Crippen molar-refractivity contribution in [1.82, 2.24) is 4.90 Å². The van der Waals surface area contributed by atoms with E-state index in [0.29, 0.717) is 12.5 Å². The van der Waals surface area contributed by atoms with Crippen molar-refractivity contribution in [3.63, 3.8) is 0 Å². The Morgan fingerprint density at radius 3 is 2.65 bits per heavy atom. The molecule has 0 radical (unpaired) electrons. The number of halogens is 2. The van der Waals surface area contributed by atoms with Crippen LogP contribution >= 0.6 is 31.9 Å². The molecule has 0 unspecified atom stereocenters. The molecule has 1 amide bonds. The molecular formula is C16H21Br2NO. The quantitative estimate of drug-likeness (QED) is 0.661. The van der Waals surface area contributed by atoms with E-state index >= 15 is 0 Å². The van der Waals surface area contributed by atoms with Crippen LogP contribution in [0.5, 0.6) is 0 Å². The highest BCUT2D eigenvalue weighted by molar-refractivity contribution is 9.10. The zero-order chi connectivity index (χ0) is 14.4. The third kappa shape index (κ3) is 4.59. The highest BCUT2D eigenvalue weighted by atomic mass is 79.9. The number of benzene rings is 1. The third-order valence-corrected chi connectivity index (χ3v) is 4.75. The van der Waals surface area contributed by atoms with E-state index in [9.17, 15) is 4.79 Å². The molecule has 2 nitrogen and oxygen atoms in total. The molecule has 0 N–H and O–H groups in total. The second kappa shape index (κ2) is 8.18. The Kier molecular flexibility index (Phi) is 6.56. The van der Waals surface area contributed by atoms with Gasteiger partial charge < -0.3 is 4.90 Å². The Morgan fingerprint density at radius 2 is 2.00 bits per heavy atom. The van der Waals surface area contributed by atoms with Gasteiger partial charge in [0.05, 0.1) is 6.42 Å². The molecule has 0 aliphatic heterocycles. The van der Waals surface area contributed by atoms with Gasteiger partial charge in [-0.3, -0.25) is 4.79 Å². The number of amides is 1. The van der Waals surface area contributed by atoms with Crippen molar-refractivity contribution in [2.75, 3.05) is 11.9 Å². The van der Waals surface area contributed by atoms with Crippen molar-refractivity contribution in [3.05, 3.63) is 34.3 Å². The fourth-order valence-corrected chi connectivity index (χ4v) is 3.75. The number of carbonyl (C=O) groups excluding carboxylic acids is 1. The summed E-state index contributed by atoms with van der Waals surface area (Å²) in [6.07, 6.45) is 6.66. The van der Waals surface area contributed by atoms with Gasteiger partial charge in [-0.25, -0.2) is 0 Å². The van der Waals surface area contributed by atoms with Crippen molar-refractivity contribution in [1.29, 1.82) is 0 Å². The number of nitrogens with zero attached hydrogens (tertiary/aromatic N) is 1. The fraction of sp³-hybridized carbons (Fsp3) is 0.562. The van der Waals surface area contributed by atoms with Crippen LogP contribution in [0.25, 0.3) is 0 Å². The Labute approximate surface area is 138 Å². The summed E-state index contributed by atoms with van der Waals surface area (Å²) in [6, 6.07) is 8.48. The smallest absolute Gasteiger partial charge is 0.227 e. The number of alkyl halides is 1. The van der Waals surface area contributed by atoms with Crippen LogP contribution in [0.1, 0.15) is 37.7 Å². The predicted octanol–water partition coefficient (Wildman–Crippen LogP) is 4.55. The van der Waals surface area contributed by atoms with E-state index in [-0.39, 0.29) is 5.91 Å². The van der Waals surface area contributed by atoms with Crippen LogP contribution in [0.4, 0.5) is 0 Å². The second-order valence-corrected chi connectivity index (χ2v) is 7.08. The first kappa shape index (κ1) is 16.0. The lowest BCUT2D eigenvalue weighted by molar-refractivity contribution is -0.133. The van der Waals surface area contributed by atoms with Gasteiger partial charge in [0.15, 0.2) is 0 Å².